The molecule has 19 heavy (non-hydrogen) atoms. The van der Waals surface area contributed by atoms with Gasteiger partial charge in [-0.3, -0.25) is 0 Å². The molecule has 7 heteroatoms. The van der Waals surface area contributed by atoms with Crippen molar-refractivity contribution >= 4 is 31.6 Å². The Balaban J connectivity index is 2.03. The maximum absolute atomic E-state index is 13.7. The summed E-state index contributed by atoms with van der Waals surface area (Å²) in [7, 11) is -3.83. The molecule has 0 atom stereocenters. The molecule has 0 saturated heterocycles. The molecule has 1 aliphatic rings. The summed E-state index contributed by atoms with van der Waals surface area (Å²) in [4.78, 5) is -0.403. The van der Waals surface area contributed by atoms with Crippen molar-refractivity contribution in [1.29, 1.82) is 0 Å². The summed E-state index contributed by atoms with van der Waals surface area (Å²) in [5.41, 5.74) is 5.78. The van der Waals surface area contributed by atoms with Gasteiger partial charge in [0.1, 0.15) is 10.7 Å². The molecule has 0 bridgehead atoms. The van der Waals surface area contributed by atoms with Crippen LogP contribution in [0, 0.1) is 11.7 Å². The van der Waals surface area contributed by atoms with E-state index in [1.54, 1.807) is 0 Å². The molecular weight excluding hydrogens is 335 g/mol. The Morgan fingerprint density at radius 1 is 1.42 bits per heavy atom. The zero-order valence-electron chi connectivity index (χ0n) is 10.3. The molecule has 106 valence electrons. The normalized spacial score (nSPS) is 15.7. The Labute approximate surface area is 120 Å². The van der Waals surface area contributed by atoms with E-state index in [1.807, 2.05) is 0 Å². The fourth-order valence-corrected chi connectivity index (χ4v) is 3.31. The van der Waals surface area contributed by atoms with Gasteiger partial charge in [-0.25, -0.2) is 17.5 Å². The molecule has 0 unspecified atom stereocenters. The summed E-state index contributed by atoms with van der Waals surface area (Å²) in [5, 5.41) is 0. The van der Waals surface area contributed by atoms with Crippen LogP contribution in [-0.2, 0) is 10.0 Å². The molecule has 4 nitrogen and oxygen atoms in total. The van der Waals surface area contributed by atoms with Crippen LogP contribution in [0.3, 0.4) is 0 Å². The highest BCUT2D eigenvalue weighted by Gasteiger charge is 2.22. The fraction of sp³-hybridized carbons (Fsp3) is 0.500. The Morgan fingerprint density at radius 2 is 2.11 bits per heavy atom. The Morgan fingerprint density at radius 3 is 2.74 bits per heavy atom. The molecule has 1 saturated carbocycles. The highest BCUT2D eigenvalue weighted by atomic mass is 79.9. The van der Waals surface area contributed by atoms with Crippen LogP contribution in [0.5, 0.6) is 0 Å². The summed E-state index contributed by atoms with van der Waals surface area (Å²) < 4.78 is 40.3. The zero-order chi connectivity index (χ0) is 14.0. The van der Waals surface area contributed by atoms with E-state index in [2.05, 4.69) is 20.7 Å². The van der Waals surface area contributed by atoms with Crippen LogP contribution in [-0.4, -0.2) is 15.0 Å². The van der Waals surface area contributed by atoms with Gasteiger partial charge >= 0.3 is 0 Å². The molecule has 0 aliphatic heterocycles. The van der Waals surface area contributed by atoms with Gasteiger partial charge in [0.15, 0.2) is 0 Å². The van der Waals surface area contributed by atoms with Gasteiger partial charge in [0.25, 0.3) is 0 Å². The van der Waals surface area contributed by atoms with Gasteiger partial charge in [0.05, 0.1) is 0 Å². The SMILES string of the molecule is Nc1cc(S(=O)(=O)NCCCC2CC2)c(F)cc1Br. The van der Waals surface area contributed by atoms with Gasteiger partial charge in [-0.15, -0.1) is 0 Å². The molecule has 1 aromatic rings. The first-order chi connectivity index (χ1) is 8.90. The van der Waals surface area contributed by atoms with Crippen LogP contribution in [0.25, 0.3) is 0 Å². The Bertz CT molecular complexity index is 573. The number of sulfonamides is 1. The predicted molar refractivity (Wildman–Crippen MR) is 75.7 cm³/mol. The van der Waals surface area contributed by atoms with Crippen molar-refractivity contribution in [1.82, 2.24) is 4.72 Å². The first-order valence-corrected chi connectivity index (χ1v) is 8.42. The van der Waals surface area contributed by atoms with Gasteiger partial charge in [-0.2, -0.15) is 0 Å². The first-order valence-electron chi connectivity index (χ1n) is 6.14. The summed E-state index contributed by atoms with van der Waals surface area (Å²) >= 11 is 3.05. The highest BCUT2D eigenvalue weighted by Crippen LogP contribution is 2.33. The topological polar surface area (TPSA) is 72.2 Å². The van der Waals surface area contributed by atoms with Crippen molar-refractivity contribution < 1.29 is 12.8 Å². The molecular formula is C12H16BrFN2O2S. The minimum Gasteiger partial charge on any atom is -0.398 e. The van der Waals surface area contributed by atoms with Gasteiger partial charge in [-0.05, 0) is 46.8 Å². The Kier molecular flexibility index (Phi) is 4.47. The molecule has 3 N–H and O–H groups in total. The maximum atomic E-state index is 13.7. The highest BCUT2D eigenvalue weighted by molar-refractivity contribution is 9.10. The average molecular weight is 351 g/mol. The van der Waals surface area contributed by atoms with Crippen LogP contribution < -0.4 is 10.5 Å². The number of hydrogen-bond donors (Lipinski definition) is 2. The molecule has 0 amide bonds. The van der Waals surface area contributed by atoms with E-state index in [0.717, 1.165) is 30.9 Å². The number of nitrogen functional groups attached to an aromatic ring is 1. The molecule has 2 rings (SSSR count). The lowest BCUT2D eigenvalue weighted by Gasteiger charge is -2.09. The van der Waals surface area contributed by atoms with Crippen molar-refractivity contribution in [3.8, 4) is 0 Å². The third kappa shape index (κ3) is 3.90. The molecule has 0 heterocycles. The first kappa shape index (κ1) is 14.7. The van der Waals surface area contributed by atoms with E-state index in [9.17, 15) is 12.8 Å². The predicted octanol–water partition coefficient (Wildman–Crippen LogP) is 2.64. The van der Waals surface area contributed by atoms with Crippen LogP contribution >= 0.6 is 15.9 Å². The zero-order valence-corrected chi connectivity index (χ0v) is 12.7. The molecule has 1 fully saturated rings. The van der Waals surface area contributed by atoms with Crippen LogP contribution in [0.15, 0.2) is 21.5 Å². The largest absolute Gasteiger partial charge is 0.398 e. The van der Waals surface area contributed by atoms with Crippen molar-refractivity contribution in [2.24, 2.45) is 5.92 Å². The molecule has 0 radical (unpaired) electrons. The second-order valence-electron chi connectivity index (χ2n) is 4.79. The summed E-state index contributed by atoms with van der Waals surface area (Å²) in [6.45, 7) is 0.328. The van der Waals surface area contributed by atoms with E-state index in [4.69, 9.17) is 5.73 Å². The minimum absolute atomic E-state index is 0.194. The minimum atomic E-state index is -3.83. The number of nitrogens with two attached hydrogens (primary N) is 1. The lowest BCUT2D eigenvalue weighted by atomic mass is 10.2. The van der Waals surface area contributed by atoms with Crippen molar-refractivity contribution in [3.05, 3.63) is 22.4 Å². The van der Waals surface area contributed by atoms with E-state index in [-0.39, 0.29) is 5.69 Å². The van der Waals surface area contributed by atoms with Crippen LogP contribution in [0.2, 0.25) is 0 Å². The second-order valence-corrected chi connectivity index (χ2v) is 7.38. The number of anilines is 1. The van der Waals surface area contributed by atoms with E-state index in [1.165, 1.54) is 12.8 Å². The fourth-order valence-electron chi connectivity index (χ4n) is 1.83. The monoisotopic (exact) mass is 350 g/mol. The van der Waals surface area contributed by atoms with E-state index >= 15 is 0 Å². The molecule has 0 spiro atoms. The van der Waals surface area contributed by atoms with Crippen molar-refractivity contribution in [2.45, 2.75) is 30.6 Å². The molecule has 1 aliphatic carbocycles. The van der Waals surface area contributed by atoms with E-state index in [0.29, 0.717) is 11.0 Å². The lowest BCUT2D eigenvalue weighted by molar-refractivity contribution is 0.552. The quantitative estimate of drug-likeness (QED) is 0.611. The summed E-state index contributed by atoms with van der Waals surface area (Å²) in [6.07, 6.45) is 4.28. The number of rotatable bonds is 6. The van der Waals surface area contributed by atoms with Crippen LogP contribution in [0.1, 0.15) is 25.7 Å². The number of halogens is 2. The second kappa shape index (κ2) is 5.76. The molecule has 0 aromatic heterocycles. The third-order valence-electron chi connectivity index (χ3n) is 3.12. The lowest BCUT2D eigenvalue weighted by Crippen LogP contribution is -2.26. The van der Waals surface area contributed by atoms with Gasteiger partial charge in [-0.1, -0.05) is 12.8 Å². The van der Waals surface area contributed by atoms with Crippen molar-refractivity contribution in [3.63, 3.8) is 0 Å². The van der Waals surface area contributed by atoms with Gasteiger partial charge < -0.3 is 5.73 Å². The van der Waals surface area contributed by atoms with Gasteiger partial charge in [0.2, 0.25) is 10.0 Å². The number of benzene rings is 1. The van der Waals surface area contributed by atoms with Crippen LogP contribution in [0.4, 0.5) is 10.1 Å². The summed E-state index contributed by atoms with van der Waals surface area (Å²) in [5.74, 6) is -0.0552. The average Bonchev–Trinajstić information content (AvgIpc) is 3.13. The maximum Gasteiger partial charge on any atom is 0.243 e. The standard InChI is InChI=1S/C12H16BrFN2O2S/c13-9-6-10(14)12(7-11(9)15)19(17,18)16-5-1-2-8-3-4-8/h6-8,16H,1-5,15H2. The van der Waals surface area contributed by atoms with E-state index < -0.39 is 20.7 Å². The Hall–Kier alpha value is -0.660. The molecule has 1 aromatic carbocycles. The number of hydrogen-bond acceptors (Lipinski definition) is 3. The smallest absolute Gasteiger partial charge is 0.243 e. The summed E-state index contributed by atoms with van der Waals surface area (Å²) in [6, 6.07) is 2.19. The van der Waals surface area contributed by atoms with Gasteiger partial charge in [0, 0.05) is 16.7 Å². The number of nitrogens with one attached hydrogen (secondary N) is 1. The van der Waals surface area contributed by atoms with Crippen molar-refractivity contribution in [2.75, 3.05) is 12.3 Å². The third-order valence-corrected chi connectivity index (χ3v) is 5.28.